The number of hydrogen-bond acceptors (Lipinski definition) is 13. The summed E-state index contributed by atoms with van der Waals surface area (Å²) in [6.45, 7) is 12.8. The number of likely N-dealkylation sites (tertiary alicyclic amines) is 1. The number of ether oxygens (including phenoxy) is 4. The molecule has 1 saturated heterocycles. The fourth-order valence-electron chi connectivity index (χ4n) is 7.07. The van der Waals surface area contributed by atoms with Crippen LogP contribution in [0.1, 0.15) is 57.0 Å². The number of nitrogens with one attached hydrogen (secondary N) is 3. The monoisotopic (exact) mass is 867 g/mol. The van der Waals surface area contributed by atoms with E-state index in [0.717, 1.165) is 43.7 Å². The second kappa shape index (κ2) is 21.5. The highest BCUT2D eigenvalue weighted by Gasteiger charge is 2.44. The Morgan fingerprint density at radius 1 is 0.887 bits per heavy atom. The number of nitrogens with zero attached hydrogens (tertiary/aromatic N) is 4. The van der Waals surface area contributed by atoms with Crippen molar-refractivity contribution in [1.29, 1.82) is 0 Å². The van der Waals surface area contributed by atoms with Crippen molar-refractivity contribution in [1.82, 2.24) is 30.5 Å². The van der Waals surface area contributed by atoms with Crippen LogP contribution in [0.2, 0.25) is 0 Å². The molecule has 2 aromatic carbocycles. The molecule has 5 aromatic rings. The van der Waals surface area contributed by atoms with Gasteiger partial charge in [0.15, 0.2) is 0 Å². The summed E-state index contributed by atoms with van der Waals surface area (Å²) in [7, 11) is 0. The minimum Gasteiger partial charge on any atom is -0.491 e. The zero-order valence-electron chi connectivity index (χ0n) is 36.2. The van der Waals surface area contributed by atoms with Crippen LogP contribution in [-0.4, -0.2) is 114 Å². The van der Waals surface area contributed by atoms with Crippen molar-refractivity contribution in [2.24, 2.45) is 5.41 Å². The van der Waals surface area contributed by atoms with Crippen molar-refractivity contribution in [3.05, 3.63) is 95.5 Å². The van der Waals surface area contributed by atoms with Gasteiger partial charge in [-0.15, -0.1) is 11.3 Å². The normalized spacial score (nSPS) is 16.2. The van der Waals surface area contributed by atoms with E-state index in [9.17, 15) is 19.5 Å². The van der Waals surface area contributed by atoms with Crippen molar-refractivity contribution >= 4 is 51.3 Å². The Hall–Kier alpha value is -5.52. The molecule has 0 saturated carbocycles. The minimum absolute atomic E-state index is 0.0177. The predicted octanol–water partition coefficient (Wildman–Crippen LogP) is 5.91. The van der Waals surface area contributed by atoms with Crippen LogP contribution in [0.4, 0.5) is 11.5 Å². The highest BCUT2D eigenvalue weighted by atomic mass is 32.1. The van der Waals surface area contributed by atoms with Gasteiger partial charge in [-0.05, 0) is 60.9 Å². The quantitative estimate of drug-likeness (QED) is 0.0679. The number of amides is 3. The first-order valence-corrected chi connectivity index (χ1v) is 21.7. The second-order valence-corrected chi connectivity index (χ2v) is 17.3. The molecule has 3 aromatic heterocycles. The standard InChI is InChI=1S/C46H57N7O8S/c1-29-24-48-40(51-36-12-11-35-25-47-14-13-34(35)21-36)23-39(29)61-20-19-59-16-15-58-17-18-60-27-41(55)52-43(46(4,5)6)45(57)53-26-37(54)22-38(53)44(56)50-30(2)32-7-9-33(10-8-32)42-31(3)49-28-62-42/h7-14,21,23-25,28,30,37-38,43,54H,15-20,22,26-27H2,1-6H3,(H,48,51)(H,50,56)(H,52,55)/t30-,37+,38-,43+/m0/s1. The van der Waals surface area contributed by atoms with Gasteiger partial charge in [0.2, 0.25) is 17.7 Å². The fourth-order valence-corrected chi connectivity index (χ4v) is 7.88. The lowest BCUT2D eigenvalue weighted by Crippen LogP contribution is -2.58. The van der Waals surface area contributed by atoms with Gasteiger partial charge in [-0.25, -0.2) is 9.97 Å². The number of aryl methyl sites for hydroxylation is 2. The molecule has 15 nitrogen and oxygen atoms in total. The maximum Gasteiger partial charge on any atom is 0.246 e. The van der Waals surface area contributed by atoms with E-state index in [2.05, 4.69) is 30.9 Å². The Labute approximate surface area is 366 Å². The van der Waals surface area contributed by atoms with Crippen LogP contribution in [0.15, 0.2) is 78.7 Å². The number of aliphatic hydroxyl groups excluding tert-OH is 1. The first kappa shape index (κ1) is 46.0. The number of aliphatic hydroxyl groups is 1. The lowest BCUT2D eigenvalue weighted by atomic mass is 9.85. The van der Waals surface area contributed by atoms with Gasteiger partial charge < -0.3 is 44.9 Å². The summed E-state index contributed by atoms with van der Waals surface area (Å²) >= 11 is 1.57. The summed E-state index contributed by atoms with van der Waals surface area (Å²) in [4.78, 5) is 56.0. The van der Waals surface area contributed by atoms with Gasteiger partial charge in [0.1, 0.15) is 36.9 Å². The lowest BCUT2D eigenvalue weighted by molar-refractivity contribution is -0.144. The van der Waals surface area contributed by atoms with Gasteiger partial charge in [-0.2, -0.15) is 0 Å². The Balaban J connectivity index is 0.867. The second-order valence-electron chi connectivity index (χ2n) is 16.4. The zero-order valence-corrected chi connectivity index (χ0v) is 37.0. The van der Waals surface area contributed by atoms with Crippen molar-refractivity contribution in [3.8, 4) is 16.2 Å². The number of anilines is 2. The first-order chi connectivity index (χ1) is 29.8. The first-order valence-electron chi connectivity index (χ1n) is 20.8. The zero-order chi connectivity index (χ0) is 44.2. The molecular formula is C46H57N7O8S. The van der Waals surface area contributed by atoms with Crippen LogP contribution in [-0.2, 0) is 28.6 Å². The van der Waals surface area contributed by atoms with Crippen LogP contribution < -0.4 is 20.7 Å². The summed E-state index contributed by atoms with van der Waals surface area (Å²) in [5.41, 5.74) is 5.85. The Kier molecular flexibility index (Phi) is 16.0. The average Bonchev–Trinajstić information content (AvgIpc) is 3.87. The van der Waals surface area contributed by atoms with E-state index in [4.69, 9.17) is 18.9 Å². The molecule has 0 radical (unpaired) electrons. The van der Waals surface area contributed by atoms with E-state index in [1.54, 1.807) is 23.7 Å². The van der Waals surface area contributed by atoms with E-state index >= 15 is 0 Å². The third-order valence-corrected chi connectivity index (χ3v) is 11.5. The topological polar surface area (TPSA) is 186 Å². The van der Waals surface area contributed by atoms with Crippen LogP contribution in [0.3, 0.4) is 0 Å². The third kappa shape index (κ3) is 12.5. The van der Waals surface area contributed by atoms with E-state index in [1.165, 1.54) is 4.90 Å². The van der Waals surface area contributed by atoms with Gasteiger partial charge in [0, 0.05) is 54.3 Å². The number of β-amino-alcohol motifs (C(OH)–C–C–N with tert-alkyl or cyclic N) is 1. The van der Waals surface area contributed by atoms with Crippen LogP contribution in [0.5, 0.6) is 5.75 Å². The summed E-state index contributed by atoms with van der Waals surface area (Å²) in [5, 5.41) is 21.9. The van der Waals surface area contributed by atoms with Gasteiger partial charge in [0.25, 0.3) is 0 Å². The molecule has 0 unspecified atom stereocenters. The summed E-state index contributed by atoms with van der Waals surface area (Å²) in [6, 6.07) is 15.6. The average molecular weight is 868 g/mol. The van der Waals surface area contributed by atoms with Gasteiger partial charge in [-0.1, -0.05) is 51.1 Å². The van der Waals surface area contributed by atoms with Crippen molar-refractivity contribution in [2.45, 2.75) is 72.2 Å². The van der Waals surface area contributed by atoms with Crippen molar-refractivity contribution in [3.63, 3.8) is 0 Å². The number of benzene rings is 2. The molecule has 330 valence electrons. The fraction of sp³-hybridized carbons (Fsp3) is 0.435. The Bertz CT molecular complexity index is 2280. The third-order valence-electron chi connectivity index (χ3n) is 10.5. The highest BCUT2D eigenvalue weighted by Crippen LogP contribution is 2.30. The molecule has 0 bridgehead atoms. The molecule has 0 spiro atoms. The number of aromatic nitrogens is 3. The number of hydrogen-bond donors (Lipinski definition) is 4. The predicted molar refractivity (Wildman–Crippen MR) is 238 cm³/mol. The van der Waals surface area contributed by atoms with E-state index in [0.29, 0.717) is 38.0 Å². The maximum atomic E-state index is 14.0. The molecule has 62 heavy (non-hydrogen) atoms. The molecule has 1 aliphatic heterocycles. The molecule has 4 heterocycles. The Morgan fingerprint density at radius 3 is 2.32 bits per heavy atom. The molecule has 1 fully saturated rings. The number of carbonyl (C=O) groups excluding carboxylic acids is 3. The van der Waals surface area contributed by atoms with Crippen molar-refractivity contribution in [2.75, 3.05) is 58.1 Å². The Morgan fingerprint density at radius 2 is 1.61 bits per heavy atom. The molecule has 6 rings (SSSR count). The van der Waals surface area contributed by atoms with Gasteiger partial charge >= 0.3 is 0 Å². The number of thiazole rings is 1. The number of rotatable bonds is 20. The molecule has 4 atom stereocenters. The van der Waals surface area contributed by atoms with Gasteiger partial charge in [0.05, 0.1) is 61.3 Å². The lowest BCUT2D eigenvalue weighted by Gasteiger charge is -2.35. The smallest absolute Gasteiger partial charge is 0.246 e. The number of pyridine rings is 2. The van der Waals surface area contributed by atoms with Crippen molar-refractivity contribution < 1.29 is 38.4 Å². The van der Waals surface area contributed by atoms with Crippen LogP contribution >= 0.6 is 11.3 Å². The number of carbonyl (C=O) groups is 3. The van der Waals surface area contributed by atoms with E-state index in [1.807, 2.05) is 108 Å². The molecule has 3 amide bonds. The molecule has 0 aliphatic carbocycles. The van der Waals surface area contributed by atoms with Crippen LogP contribution in [0, 0.1) is 19.3 Å². The van der Waals surface area contributed by atoms with Gasteiger partial charge in [-0.3, -0.25) is 19.4 Å². The largest absolute Gasteiger partial charge is 0.491 e. The molecular weight excluding hydrogens is 811 g/mol. The van der Waals surface area contributed by atoms with E-state index in [-0.39, 0.29) is 44.7 Å². The molecule has 1 aliphatic rings. The van der Waals surface area contributed by atoms with Crippen LogP contribution in [0.25, 0.3) is 21.2 Å². The number of fused-ring (bicyclic) bond motifs is 1. The summed E-state index contributed by atoms with van der Waals surface area (Å²) < 4.78 is 22.8. The SMILES string of the molecule is Cc1cnc(Nc2ccc3cnccc3c2)cc1OCCOCCOCCOCC(=O)N[C@H](C(=O)N1C[C@H](O)C[C@H]1C(=O)N[C@@H](C)c1ccc(-c2scnc2C)cc1)C(C)(C)C. The summed E-state index contributed by atoms with van der Waals surface area (Å²) in [5.74, 6) is 0.0812. The summed E-state index contributed by atoms with van der Waals surface area (Å²) in [6.07, 6.45) is 4.58. The maximum absolute atomic E-state index is 14.0. The van der Waals surface area contributed by atoms with E-state index < -0.39 is 35.4 Å². The highest BCUT2D eigenvalue weighted by molar-refractivity contribution is 7.13. The molecule has 4 N–H and O–H groups in total. The minimum atomic E-state index is -0.966. The molecule has 16 heteroatoms.